The van der Waals surface area contributed by atoms with Gasteiger partial charge in [-0.1, -0.05) is 24.3 Å². The SMILES string of the molecule is NCc1ccccc1CC(=O)OCC1CCOC1. The maximum atomic E-state index is 11.7. The van der Waals surface area contributed by atoms with Gasteiger partial charge in [0.25, 0.3) is 0 Å². The van der Waals surface area contributed by atoms with Gasteiger partial charge < -0.3 is 15.2 Å². The number of ether oxygens (including phenoxy) is 2. The first kappa shape index (κ1) is 13.1. The molecule has 4 heteroatoms. The maximum absolute atomic E-state index is 11.7. The second-order valence-corrected chi connectivity index (χ2v) is 4.56. The summed E-state index contributed by atoms with van der Waals surface area (Å²) in [5.74, 6) is 0.168. The van der Waals surface area contributed by atoms with E-state index in [0.29, 0.717) is 32.1 Å². The maximum Gasteiger partial charge on any atom is 0.310 e. The molecule has 0 aromatic heterocycles. The monoisotopic (exact) mass is 249 g/mol. The summed E-state index contributed by atoms with van der Waals surface area (Å²) in [5.41, 5.74) is 7.58. The van der Waals surface area contributed by atoms with Crippen LogP contribution >= 0.6 is 0 Å². The van der Waals surface area contributed by atoms with Crippen molar-refractivity contribution in [2.24, 2.45) is 11.7 Å². The van der Waals surface area contributed by atoms with Gasteiger partial charge >= 0.3 is 5.97 Å². The van der Waals surface area contributed by atoms with E-state index in [0.717, 1.165) is 24.2 Å². The molecule has 1 aromatic carbocycles. The number of benzene rings is 1. The summed E-state index contributed by atoms with van der Waals surface area (Å²) in [5, 5.41) is 0. The van der Waals surface area contributed by atoms with Crippen LogP contribution in [-0.2, 0) is 27.2 Å². The first-order chi connectivity index (χ1) is 8.79. The Balaban J connectivity index is 1.82. The van der Waals surface area contributed by atoms with Crippen molar-refractivity contribution in [1.29, 1.82) is 0 Å². The van der Waals surface area contributed by atoms with Crippen LogP contribution in [-0.4, -0.2) is 25.8 Å². The Morgan fingerprint density at radius 3 is 2.83 bits per heavy atom. The van der Waals surface area contributed by atoms with Gasteiger partial charge in [-0.05, 0) is 17.5 Å². The largest absolute Gasteiger partial charge is 0.465 e. The van der Waals surface area contributed by atoms with Crippen LogP contribution in [0.2, 0.25) is 0 Å². The van der Waals surface area contributed by atoms with Crippen LogP contribution in [0.25, 0.3) is 0 Å². The molecule has 18 heavy (non-hydrogen) atoms. The summed E-state index contributed by atoms with van der Waals surface area (Å²) in [6, 6.07) is 7.69. The molecule has 98 valence electrons. The fourth-order valence-corrected chi connectivity index (χ4v) is 2.06. The smallest absolute Gasteiger partial charge is 0.310 e. The Morgan fingerprint density at radius 1 is 1.39 bits per heavy atom. The number of carbonyl (C=O) groups is 1. The average Bonchev–Trinajstić information content (AvgIpc) is 2.90. The van der Waals surface area contributed by atoms with E-state index >= 15 is 0 Å². The minimum absolute atomic E-state index is 0.192. The molecule has 1 aliphatic heterocycles. The number of nitrogens with two attached hydrogens (primary N) is 1. The summed E-state index contributed by atoms with van der Waals surface area (Å²) in [6.45, 7) is 2.38. The van der Waals surface area contributed by atoms with Gasteiger partial charge in [0.1, 0.15) is 0 Å². The predicted molar refractivity (Wildman–Crippen MR) is 67.9 cm³/mol. The highest BCUT2D eigenvalue weighted by Crippen LogP contribution is 2.14. The van der Waals surface area contributed by atoms with Gasteiger partial charge in [0.05, 0.1) is 19.6 Å². The van der Waals surface area contributed by atoms with Gasteiger partial charge in [-0.25, -0.2) is 0 Å². The van der Waals surface area contributed by atoms with E-state index in [1.807, 2.05) is 24.3 Å². The molecule has 1 atom stereocenters. The topological polar surface area (TPSA) is 61.6 Å². The molecular weight excluding hydrogens is 230 g/mol. The third-order valence-corrected chi connectivity index (χ3v) is 3.18. The molecule has 4 nitrogen and oxygen atoms in total. The molecule has 0 spiro atoms. The third-order valence-electron chi connectivity index (χ3n) is 3.18. The number of hydrogen-bond acceptors (Lipinski definition) is 4. The second-order valence-electron chi connectivity index (χ2n) is 4.56. The van der Waals surface area contributed by atoms with Gasteiger partial charge in [0, 0.05) is 19.1 Å². The zero-order valence-corrected chi connectivity index (χ0v) is 10.4. The summed E-state index contributed by atoms with van der Waals surface area (Å²) < 4.78 is 10.5. The van der Waals surface area contributed by atoms with Crippen LogP contribution < -0.4 is 5.73 Å². The summed E-state index contributed by atoms with van der Waals surface area (Å²) in [4.78, 5) is 11.7. The van der Waals surface area contributed by atoms with Crippen molar-refractivity contribution >= 4 is 5.97 Å². The Labute approximate surface area is 107 Å². The summed E-state index contributed by atoms with van der Waals surface area (Å²) in [7, 11) is 0. The molecule has 1 saturated heterocycles. The van der Waals surface area contributed by atoms with Crippen LogP contribution in [0.5, 0.6) is 0 Å². The normalized spacial score (nSPS) is 18.8. The zero-order chi connectivity index (χ0) is 12.8. The minimum Gasteiger partial charge on any atom is -0.465 e. The molecule has 1 fully saturated rings. The number of hydrogen-bond donors (Lipinski definition) is 1. The van der Waals surface area contributed by atoms with Crippen molar-refractivity contribution in [3.8, 4) is 0 Å². The Bertz CT molecular complexity index is 400. The lowest BCUT2D eigenvalue weighted by Gasteiger charge is -2.10. The highest BCUT2D eigenvalue weighted by Gasteiger charge is 2.17. The minimum atomic E-state index is -0.192. The quantitative estimate of drug-likeness (QED) is 0.798. The lowest BCUT2D eigenvalue weighted by Crippen LogP contribution is -2.16. The molecule has 0 aliphatic carbocycles. The second kappa shape index (κ2) is 6.52. The van der Waals surface area contributed by atoms with Crippen molar-refractivity contribution in [2.45, 2.75) is 19.4 Å². The third kappa shape index (κ3) is 3.55. The van der Waals surface area contributed by atoms with E-state index in [1.54, 1.807) is 0 Å². The van der Waals surface area contributed by atoms with E-state index in [1.165, 1.54) is 0 Å². The summed E-state index contributed by atoms with van der Waals surface area (Å²) in [6.07, 6.45) is 1.27. The molecule has 0 bridgehead atoms. The number of esters is 1. The fourth-order valence-electron chi connectivity index (χ4n) is 2.06. The lowest BCUT2D eigenvalue weighted by molar-refractivity contribution is -0.144. The van der Waals surface area contributed by atoms with E-state index < -0.39 is 0 Å². The van der Waals surface area contributed by atoms with E-state index in [2.05, 4.69) is 0 Å². The first-order valence-electron chi connectivity index (χ1n) is 6.30. The van der Waals surface area contributed by atoms with Gasteiger partial charge in [-0.3, -0.25) is 4.79 Å². The first-order valence-corrected chi connectivity index (χ1v) is 6.30. The summed E-state index contributed by atoms with van der Waals surface area (Å²) >= 11 is 0. The van der Waals surface area contributed by atoms with Crippen LogP contribution in [0.3, 0.4) is 0 Å². The van der Waals surface area contributed by atoms with Gasteiger partial charge in [-0.15, -0.1) is 0 Å². The standard InChI is InChI=1S/C14H19NO3/c15-8-13-4-2-1-3-12(13)7-14(16)18-10-11-5-6-17-9-11/h1-4,11H,5-10,15H2. The highest BCUT2D eigenvalue weighted by atomic mass is 16.5. The van der Waals surface area contributed by atoms with Crippen LogP contribution in [0.1, 0.15) is 17.5 Å². The van der Waals surface area contributed by atoms with Crippen molar-refractivity contribution in [1.82, 2.24) is 0 Å². The molecule has 2 rings (SSSR count). The molecule has 1 aromatic rings. The molecule has 0 radical (unpaired) electrons. The highest BCUT2D eigenvalue weighted by molar-refractivity contribution is 5.73. The van der Waals surface area contributed by atoms with Crippen LogP contribution in [0, 0.1) is 5.92 Å². The van der Waals surface area contributed by atoms with Gasteiger partial charge in [0.2, 0.25) is 0 Å². The van der Waals surface area contributed by atoms with Crippen molar-refractivity contribution in [3.05, 3.63) is 35.4 Å². The molecular formula is C14H19NO3. The van der Waals surface area contributed by atoms with Crippen LogP contribution in [0.4, 0.5) is 0 Å². The number of carbonyl (C=O) groups excluding carboxylic acids is 1. The Kier molecular flexibility index (Phi) is 4.73. The van der Waals surface area contributed by atoms with Gasteiger partial charge in [-0.2, -0.15) is 0 Å². The fraction of sp³-hybridized carbons (Fsp3) is 0.500. The lowest BCUT2D eigenvalue weighted by atomic mass is 10.0. The molecule has 1 unspecified atom stereocenters. The van der Waals surface area contributed by atoms with E-state index in [-0.39, 0.29) is 5.97 Å². The van der Waals surface area contributed by atoms with Crippen molar-refractivity contribution in [3.63, 3.8) is 0 Å². The van der Waals surface area contributed by atoms with Crippen molar-refractivity contribution < 1.29 is 14.3 Å². The molecule has 0 amide bonds. The Hall–Kier alpha value is -1.39. The van der Waals surface area contributed by atoms with Gasteiger partial charge in [0.15, 0.2) is 0 Å². The average molecular weight is 249 g/mol. The zero-order valence-electron chi connectivity index (χ0n) is 10.4. The Morgan fingerprint density at radius 2 is 2.17 bits per heavy atom. The molecule has 2 N–H and O–H groups in total. The van der Waals surface area contributed by atoms with Crippen LogP contribution in [0.15, 0.2) is 24.3 Å². The van der Waals surface area contributed by atoms with E-state index in [9.17, 15) is 4.79 Å². The molecule has 0 saturated carbocycles. The molecule has 1 aliphatic rings. The van der Waals surface area contributed by atoms with Crippen molar-refractivity contribution in [2.75, 3.05) is 19.8 Å². The molecule has 1 heterocycles. The number of rotatable bonds is 5. The predicted octanol–water partition coefficient (Wildman–Crippen LogP) is 1.27. The van der Waals surface area contributed by atoms with E-state index in [4.69, 9.17) is 15.2 Å².